The van der Waals surface area contributed by atoms with Gasteiger partial charge in [-0.3, -0.25) is 4.90 Å². The molecule has 1 unspecified atom stereocenters. The van der Waals surface area contributed by atoms with Crippen molar-refractivity contribution in [2.75, 3.05) is 13.1 Å². The van der Waals surface area contributed by atoms with E-state index in [4.69, 9.17) is 0 Å². The lowest BCUT2D eigenvalue weighted by Crippen LogP contribution is -2.19. The lowest BCUT2D eigenvalue weighted by Gasteiger charge is -2.16. The molecule has 1 aliphatic rings. The standard InChI is InChI=1S/C19H20N2O2/c22-18-7-3-5-16(19(18)23)13-8-9-21(11-13)12-14-10-20-17-6-2-1-4-15(14)17/h1-7,10,13,20,22-23H,8-9,11-12H2. The third kappa shape index (κ3) is 2.55. The van der Waals surface area contributed by atoms with Gasteiger partial charge in [0.25, 0.3) is 0 Å². The van der Waals surface area contributed by atoms with Gasteiger partial charge in [-0.15, -0.1) is 0 Å². The molecule has 3 N–H and O–H groups in total. The number of aromatic amines is 1. The predicted molar refractivity (Wildman–Crippen MR) is 90.7 cm³/mol. The molecule has 1 atom stereocenters. The van der Waals surface area contributed by atoms with Crippen LogP contribution in [0, 0.1) is 0 Å². The van der Waals surface area contributed by atoms with Crippen molar-refractivity contribution in [3.8, 4) is 11.5 Å². The molecule has 118 valence electrons. The van der Waals surface area contributed by atoms with Crippen molar-refractivity contribution in [3.05, 3.63) is 59.8 Å². The van der Waals surface area contributed by atoms with E-state index < -0.39 is 0 Å². The summed E-state index contributed by atoms with van der Waals surface area (Å²) < 4.78 is 0. The first-order valence-electron chi connectivity index (χ1n) is 8.00. The zero-order valence-corrected chi connectivity index (χ0v) is 12.9. The summed E-state index contributed by atoms with van der Waals surface area (Å²) in [4.78, 5) is 5.73. The van der Waals surface area contributed by atoms with E-state index in [1.165, 1.54) is 22.5 Å². The fraction of sp³-hybridized carbons (Fsp3) is 0.263. The zero-order valence-electron chi connectivity index (χ0n) is 12.9. The van der Waals surface area contributed by atoms with Crippen molar-refractivity contribution in [1.82, 2.24) is 9.88 Å². The van der Waals surface area contributed by atoms with Crippen LogP contribution in [0.15, 0.2) is 48.7 Å². The molecule has 1 fully saturated rings. The Balaban J connectivity index is 1.51. The normalized spacial score (nSPS) is 18.7. The number of para-hydroxylation sites is 2. The Bertz CT molecular complexity index is 840. The molecule has 0 spiro atoms. The van der Waals surface area contributed by atoms with Crippen LogP contribution in [0.3, 0.4) is 0 Å². The topological polar surface area (TPSA) is 59.5 Å². The van der Waals surface area contributed by atoms with Gasteiger partial charge in [-0.25, -0.2) is 0 Å². The molecule has 1 saturated heterocycles. The molecule has 2 heterocycles. The summed E-state index contributed by atoms with van der Waals surface area (Å²) in [6, 6.07) is 13.6. The summed E-state index contributed by atoms with van der Waals surface area (Å²) >= 11 is 0. The maximum Gasteiger partial charge on any atom is 0.161 e. The smallest absolute Gasteiger partial charge is 0.161 e. The average Bonchev–Trinajstić information content (AvgIpc) is 3.18. The van der Waals surface area contributed by atoms with E-state index in [9.17, 15) is 10.2 Å². The Kier molecular flexibility index (Phi) is 3.46. The van der Waals surface area contributed by atoms with Crippen molar-refractivity contribution in [1.29, 1.82) is 0 Å². The van der Waals surface area contributed by atoms with Crippen LogP contribution in [-0.4, -0.2) is 33.2 Å². The van der Waals surface area contributed by atoms with E-state index in [1.807, 2.05) is 12.1 Å². The Morgan fingerprint density at radius 2 is 1.96 bits per heavy atom. The monoisotopic (exact) mass is 308 g/mol. The number of nitrogens with one attached hydrogen (secondary N) is 1. The molecular weight excluding hydrogens is 288 g/mol. The van der Waals surface area contributed by atoms with Gasteiger partial charge in [0.05, 0.1) is 0 Å². The van der Waals surface area contributed by atoms with Crippen molar-refractivity contribution in [2.45, 2.75) is 18.9 Å². The van der Waals surface area contributed by atoms with Crippen LogP contribution < -0.4 is 0 Å². The molecule has 4 rings (SSSR count). The van der Waals surface area contributed by atoms with Crippen LogP contribution in [0.5, 0.6) is 11.5 Å². The minimum absolute atomic E-state index is 0.0300. The highest BCUT2D eigenvalue weighted by Gasteiger charge is 2.27. The third-order valence-corrected chi connectivity index (χ3v) is 4.83. The summed E-state index contributed by atoms with van der Waals surface area (Å²) in [5.74, 6) is 0.274. The van der Waals surface area contributed by atoms with Crippen molar-refractivity contribution in [2.24, 2.45) is 0 Å². The highest BCUT2D eigenvalue weighted by Crippen LogP contribution is 2.38. The average molecular weight is 308 g/mol. The van der Waals surface area contributed by atoms with Crippen molar-refractivity contribution < 1.29 is 10.2 Å². The summed E-state index contributed by atoms with van der Waals surface area (Å²) in [5.41, 5.74) is 3.33. The van der Waals surface area contributed by atoms with Gasteiger partial charge < -0.3 is 15.2 Å². The predicted octanol–water partition coefficient (Wildman–Crippen LogP) is 3.57. The second-order valence-electron chi connectivity index (χ2n) is 6.30. The van der Waals surface area contributed by atoms with Crippen LogP contribution in [0.1, 0.15) is 23.5 Å². The summed E-state index contributed by atoms with van der Waals surface area (Å²) in [6.07, 6.45) is 3.09. The minimum atomic E-state index is -0.0300. The maximum atomic E-state index is 10.1. The molecule has 2 aromatic carbocycles. The number of rotatable bonds is 3. The van der Waals surface area contributed by atoms with Gasteiger partial charge in [-0.1, -0.05) is 30.3 Å². The van der Waals surface area contributed by atoms with E-state index in [2.05, 4.69) is 34.3 Å². The van der Waals surface area contributed by atoms with Crippen LogP contribution in [-0.2, 0) is 6.54 Å². The molecule has 0 bridgehead atoms. The van der Waals surface area contributed by atoms with Crippen LogP contribution in [0.25, 0.3) is 10.9 Å². The molecule has 0 aliphatic carbocycles. The number of hydrogen-bond donors (Lipinski definition) is 3. The second kappa shape index (κ2) is 5.63. The number of phenols is 2. The highest BCUT2D eigenvalue weighted by molar-refractivity contribution is 5.82. The number of aromatic hydroxyl groups is 2. The van der Waals surface area contributed by atoms with E-state index >= 15 is 0 Å². The quantitative estimate of drug-likeness (QED) is 0.648. The third-order valence-electron chi connectivity index (χ3n) is 4.83. The van der Waals surface area contributed by atoms with E-state index in [0.717, 1.165) is 31.6 Å². The molecule has 1 aliphatic heterocycles. The van der Waals surface area contributed by atoms with E-state index in [0.29, 0.717) is 0 Å². The van der Waals surface area contributed by atoms with Gasteiger partial charge in [0, 0.05) is 41.7 Å². The Hall–Kier alpha value is -2.46. The summed E-state index contributed by atoms with van der Waals surface area (Å²) in [6.45, 7) is 2.80. The number of hydrogen-bond acceptors (Lipinski definition) is 3. The first-order chi connectivity index (χ1) is 11.2. The summed E-state index contributed by atoms with van der Waals surface area (Å²) in [5, 5.41) is 21.0. The molecule has 0 saturated carbocycles. The minimum Gasteiger partial charge on any atom is -0.504 e. The van der Waals surface area contributed by atoms with Crippen molar-refractivity contribution >= 4 is 10.9 Å². The largest absolute Gasteiger partial charge is 0.504 e. The summed E-state index contributed by atoms with van der Waals surface area (Å²) in [7, 11) is 0. The van der Waals surface area contributed by atoms with Crippen molar-refractivity contribution in [3.63, 3.8) is 0 Å². The van der Waals surface area contributed by atoms with Gasteiger partial charge in [-0.2, -0.15) is 0 Å². The Labute approximate surface area is 135 Å². The molecule has 4 heteroatoms. The van der Waals surface area contributed by atoms with Crippen LogP contribution >= 0.6 is 0 Å². The molecule has 1 aromatic heterocycles. The molecule has 3 aromatic rings. The number of nitrogens with zero attached hydrogens (tertiary/aromatic N) is 1. The number of fused-ring (bicyclic) bond motifs is 1. The van der Waals surface area contributed by atoms with Crippen LogP contribution in [0.4, 0.5) is 0 Å². The van der Waals surface area contributed by atoms with Gasteiger partial charge in [0.1, 0.15) is 0 Å². The Morgan fingerprint density at radius 1 is 1.09 bits per heavy atom. The molecule has 0 amide bonds. The number of benzene rings is 2. The highest BCUT2D eigenvalue weighted by atomic mass is 16.3. The van der Waals surface area contributed by atoms with Gasteiger partial charge in [0.2, 0.25) is 0 Å². The molecule has 23 heavy (non-hydrogen) atoms. The molecule has 0 radical (unpaired) electrons. The SMILES string of the molecule is Oc1cccc(C2CCN(Cc3c[nH]c4ccccc34)C2)c1O. The first kappa shape index (κ1) is 14.2. The molecule has 4 nitrogen and oxygen atoms in total. The fourth-order valence-electron chi connectivity index (χ4n) is 3.61. The van der Waals surface area contributed by atoms with Gasteiger partial charge in [-0.05, 0) is 30.7 Å². The maximum absolute atomic E-state index is 10.1. The number of aromatic nitrogens is 1. The van der Waals surface area contributed by atoms with Crippen LogP contribution in [0.2, 0.25) is 0 Å². The lowest BCUT2D eigenvalue weighted by atomic mass is 9.97. The number of likely N-dealkylation sites (tertiary alicyclic amines) is 1. The second-order valence-corrected chi connectivity index (χ2v) is 6.30. The van der Waals surface area contributed by atoms with E-state index in [1.54, 1.807) is 6.07 Å². The lowest BCUT2D eigenvalue weighted by molar-refractivity contribution is 0.326. The number of phenolic OH excluding ortho intramolecular Hbond substituents is 2. The van der Waals surface area contributed by atoms with E-state index in [-0.39, 0.29) is 17.4 Å². The van der Waals surface area contributed by atoms with Gasteiger partial charge in [0.15, 0.2) is 11.5 Å². The first-order valence-corrected chi connectivity index (χ1v) is 8.00. The molecular formula is C19H20N2O2. The zero-order chi connectivity index (χ0) is 15.8. The number of H-pyrrole nitrogens is 1. The fourth-order valence-corrected chi connectivity index (χ4v) is 3.61. The van der Waals surface area contributed by atoms with Gasteiger partial charge >= 0.3 is 0 Å². The Morgan fingerprint density at radius 3 is 2.87 bits per heavy atom.